The molecule has 1 aromatic carbocycles. The zero-order chi connectivity index (χ0) is 14.7. The van der Waals surface area contributed by atoms with E-state index < -0.39 is 6.10 Å². The molecule has 0 aliphatic carbocycles. The quantitative estimate of drug-likeness (QED) is 0.880. The van der Waals surface area contributed by atoms with Crippen molar-refractivity contribution in [2.45, 2.75) is 32.9 Å². The van der Waals surface area contributed by atoms with E-state index in [1.54, 1.807) is 12.1 Å². The molecule has 4 heteroatoms. The van der Waals surface area contributed by atoms with Crippen LogP contribution in [-0.4, -0.2) is 11.7 Å². The molecule has 1 aromatic heterocycles. The third kappa shape index (κ3) is 3.46. The fourth-order valence-corrected chi connectivity index (χ4v) is 2.28. The monoisotopic (exact) mass is 277 g/mol. The summed E-state index contributed by atoms with van der Waals surface area (Å²) in [5, 5.41) is 13.3. The summed E-state index contributed by atoms with van der Waals surface area (Å²) in [6.07, 6.45) is -0.661. The Morgan fingerprint density at radius 3 is 2.45 bits per heavy atom. The minimum atomic E-state index is -0.661. The van der Waals surface area contributed by atoms with E-state index >= 15 is 0 Å². The summed E-state index contributed by atoms with van der Waals surface area (Å²) in [5.41, 5.74) is 1.79. The molecule has 2 rings (SSSR count). The molecule has 0 saturated carbocycles. The lowest BCUT2D eigenvalue weighted by Gasteiger charge is -2.17. The largest absolute Gasteiger partial charge is 0.466 e. The van der Waals surface area contributed by atoms with Crippen molar-refractivity contribution in [2.75, 3.05) is 6.54 Å². The Morgan fingerprint density at radius 1 is 1.25 bits per heavy atom. The Labute approximate surface area is 118 Å². The topological polar surface area (TPSA) is 45.4 Å². The normalized spacial score (nSPS) is 14.2. The van der Waals surface area contributed by atoms with Crippen molar-refractivity contribution in [3.63, 3.8) is 0 Å². The molecular formula is C16H20FNO2. The van der Waals surface area contributed by atoms with Crippen molar-refractivity contribution < 1.29 is 13.9 Å². The maximum Gasteiger partial charge on any atom is 0.123 e. The van der Waals surface area contributed by atoms with E-state index in [1.807, 2.05) is 26.8 Å². The van der Waals surface area contributed by atoms with Crippen molar-refractivity contribution >= 4 is 0 Å². The van der Waals surface area contributed by atoms with Gasteiger partial charge in [-0.1, -0.05) is 12.1 Å². The van der Waals surface area contributed by atoms with E-state index in [4.69, 9.17) is 4.42 Å². The van der Waals surface area contributed by atoms with Gasteiger partial charge in [0.15, 0.2) is 0 Å². The average molecular weight is 277 g/mol. The fourth-order valence-electron chi connectivity index (χ4n) is 2.28. The fraction of sp³-hybridized carbons (Fsp3) is 0.375. The molecule has 0 amide bonds. The molecule has 2 aromatic rings. The van der Waals surface area contributed by atoms with E-state index in [-0.39, 0.29) is 11.9 Å². The molecule has 0 aliphatic rings. The van der Waals surface area contributed by atoms with Crippen molar-refractivity contribution in [3.05, 3.63) is 58.8 Å². The predicted octanol–water partition coefficient (Wildman–Crippen LogP) is 3.42. The molecule has 2 atom stereocenters. The van der Waals surface area contributed by atoms with Crippen LogP contribution < -0.4 is 5.32 Å². The van der Waals surface area contributed by atoms with Crippen molar-refractivity contribution in [1.29, 1.82) is 0 Å². The highest BCUT2D eigenvalue weighted by molar-refractivity contribution is 5.24. The second-order valence-electron chi connectivity index (χ2n) is 5.07. The van der Waals surface area contributed by atoms with Gasteiger partial charge in [0.25, 0.3) is 0 Å². The average Bonchev–Trinajstić information content (AvgIpc) is 2.75. The SMILES string of the molecule is Cc1cc(C(C)NCC(O)c2ccc(F)cc2)c(C)o1. The molecule has 0 aliphatic heterocycles. The highest BCUT2D eigenvalue weighted by atomic mass is 19.1. The molecule has 108 valence electrons. The summed E-state index contributed by atoms with van der Waals surface area (Å²) in [4.78, 5) is 0. The van der Waals surface area contributed by atoms with Gasteiger partial charge in [0.1, 0.15) is 17.3 Å². The van der Waals surface area contributed by atoms with Crippen LogP contribution in [-0.2, 0) is 0 Å². The van der Waals surface area contributed by atoms with Crippen LogP contribution >= 0.6 is 0 Å². The molecule has 20 heavy (non-hydrogen) atoms. The number of hydrogen-bond acceptors (Lipinski definition) is 3. The van der Waals surface area contributed by atoms with E-state index in [0.717, 1.165) is 17.1 Å². The van der Waals surface area contributed by atoms with Gasteiger partial charge in [-0.05, 0) is 44.5 Å². The molecule has 1 heterocycles. The van der Waals surface area contributed by atoms with E-state index in [9.17, 15) is 9.50 Å². The summed E-state index contributed by atoms with van der Waals surface area (Å²) in [6, 6.07) is 7.98. The van der Waals surface area contributed by atoms with Gasteiger partial charge >= 0.3 is 0 Å². The van der Waals surface area contributed by atoms with Crippen LogP contribution in [0.4, 0.5) is 4.39 Å². The number of aliphatic hydroxyl groups is 1. The molecule has 0 bridgehead atoms. The maximum atomic E-state index is 12.8. The summed E-state index contributed by atoms with van der Waals surface area (Å²) < 4.78 is 18.3. The molecule has 2 N–H and O–H groups in total. The Hall–Kier alpha value is -1.65. The van der Waals surface area contributed by atoms with Crippen LogP contribution in [0.5, 0.6) is 0 Å². The Morgan fingerprint density at radius 2 is 1.90 bits per heavy atom. The Bertz CT molecular complexity index is 562. The summed E-state index contributed by atoms with van der Waals surface area (Å²) in [5.74, 6) is 1.47. The van der Waals surface area contributed by atoms with Gasteiger partial charge in [0, 0.05) is 18.2 Å². The van der Waals surface area contributed by atoms with Crippen LogP contribution in [0.15, 0.2) is 34.7 Å². The lowest BCUT2D eigenvalue weighted by Crippen LogP contribution is -2.24. The van der Waals surface area contributed by atoms with Crippen LogP contribution in [0.3, 0.4) is 0 Å². The highest BCUT2D eigenvalue weighted by Crippen LogP contribution is 2.22. The molecule has 0 fully saturated rings. The molecule has 0 saturated heterocycles. The minimum Gasteiger partial charge on any atom is -0.466 e. The van der Waals surface area contributed by atoms with E-state index in [1.165, 1.54) is 12.1 Å². The molecule has 2 unspecified atom stereocenters. The third-order valence-corrected chi connectivity index (χ3v) is 3.42. The molecule has 0 radical (unpaired) electrons. The second-order valence-corrected chi connectivity index (χ2v) is 5.07. The number of aryl methyl sites for hydroxylation is 2. The molecule has 0 spiro atoms. The van der Waals surface area contributed by atoms with Gasteiger partial charge in [-0.2, -0.15) is 0 Å². The first-order valence-electron chi connectivity index (χ1n) is 6.71. The van der Waals surface area contributed by atoms with Crippen molar-refractivity contribution in [1.82, 2.24) is 5.32 Å². The van der Waals surface area contributed by atoms with Crippen LogP contribution in [0.2, 0.25) is 0 Å². The van der Waals surface area contributed by atoms with Crippen molar-refractivity contribution in [3.8, 4) is 0 Å². The Kier molecular flexibility index (Phi) is 4.57. The van der Waals surface area contributed by atoms with Gasteiger partial charge < -0.3 is 14.8 Å². The zero-order valence-corrected chi connectivity index (χ0v) is 12.0. The molecule has 3 nitrogen and oxygen atoms in total. The summed E-state index contributed by atoms with van der Waals surface area (Å²) in [6.45, 7) is 6.26. The van der Waals surface area contributed by atoms with Crippen LogP contribution in [0.25, 0.3) is 0 Å². The van der Waals surface area contributed by atoms with Crippen molar-refractivity contribution in [2.24, 2.45) is 0 Å². The number of halogens is 1. The van der Waals surface area contributed by atoms with Crippen LogP contribution in [0, 0.1) is 19.7 Å². The first kappa shape index (κ1) is 14.8. The first-order chi connectivity index (χ1) is 9.47. The smallest absolute Gasteiger partial charge is 0.123 e. The predicted molar refractivity (Wildman–Crippen MR) is 76.0 cm³/mol. The summed E-state index contributed by atoms with van der Waals surface area (Å²) in [7, 11) is 0. The number of furan rings is 1. The zero-order valence-electron chi connectivity index (χ0n) is 12.0. The molecular weight excluding hydrogens is 257 g/mol. The number of rotatable bonds is 5. The lowest BCUT2D eigenvalue weighted by molar-refractivity contribution is 0.170. The Balaban J connectivity index is 1.94. The van der Waals surface area contributed by atoms with E-state index in [2.05, 4.69) is 5.32 Å². The van der Waals surface area contributed by atoms with E-state index in [0.29, 0.717) is 12.1 Å². The van der Waals surface area contributed by atoms with Crippen LogP contribution in [0.1, 0.15) is 41.7 Å². The maximum absolute atomic E-state index is 12.8. The standard InChI is InChI=1S/C16H20FNO2/c1-10-8-15(12(3)20-10)11(2)18-9-16(19)13-4-6-14(17)7-5-13/h4-8,11,16,18-19H,9H2,1-3H3. The minimum absolute atomic E-state index is 0.0857. The number of benzene rings is 1. The lowest BCUT2D eigenvalue weighted by atomic mass is 10.1. The number of aliphatic hydroxyl groups excluding tert-OH is 1. The van der Waals surface area contributed by atoms with Gasteiger partial charge in [0.05, 0.1) is 6.10 Å². The third-order valence-electron chi connectivity index (χ3n) is 3.42. The first-order valence-corrected chi connectivity index (χ1v) is 6.71. The van der Waals surface area contributed by atoms with Gasteiger partial charge in [-0.25, -0.2) is 4.39 Å². The highest BCUT2D eigenvalue weighted by Gasteiger charge is 2.14. The van der Waals surface area contributed by atoms with Gasteiger partial charge in [-0.3, -0.25) is 0 Å². The number of nitrogens with one attached hydrogen (secondary N) is 1. The second kappa shape index (κ2) is 6.20. The van der Waals surface area contributed by atoms with Gasteiger partial charge in [0.2, 0.25) is 0 Å². The summed E-state index contributed by atoms with van der Waals surface area (Å²) >= 11 is 0. The number of hydrogen-bond donors (Lipinski definition) is 2. The van der Waals surface area contributed by atoms with Gasteiger partial charge in [-0.15, -0.1) is 0 Å².